The molecule has 1 aromatic carbocycles. The Bertz CT molecular complexity index is 371. The molecule has 1 heterocycles. The van der Waals surface area contributed by atoms with Gasteiger partial charge >= 0.3 is 0 Å². The lowest BCUT2D eigenvalue weighted by molar-refractivity contribution is -0.123. The van der Waals surface area contributed by atoms with Crippen molar-refractivity contribution in [1.82, 2.24) is 10.6 Å². The number of carbonyl (C=O) groups is 2. The minimum atomic E-state index is -0.339. The van der Waals surface area contributed by atoms with Crippen molar-refractivity contribution >= 4 is 11.8 Å². The first-order valence-corrected chi connectivity index (χ1v) is 4.91. The van der Waals surface area contributed by atoms with Gasteiger partial charge in [0.25, 0.3) is 5.91 Å². The number of carbonyl (C=O) groups excluding carboxylic acids is 2. The van der Waals surface area contributed by atoms with Crippen LogP contribution >= 0.6 is 0 Å². The van der Waals surface area contributed by atoms with Crippen LogP contribution in [0, 0.1) is 0 Å². The van der Waals surface area contributed by atoms with Gasteiger partial charge in [-0.05, 0) is 25.1 Å². The molecule has 2 rings (SSSR count). The number of hydrogen-bond acceptors (Lipinski definition) is 3. The van der Waals surface area contributed by atoms with Crippen LogP contribution in [0.3, 0.4) is 0 Å². The highest BCUT2D eigenvalue weighted by Gasteiger charge is 2.25. The first kappa shape index (κ1) is 9.86. The van der Waals surface area contributed by atoms with E-state index < -0.39 is 0 Å². The summed E-state index contributed by atoms with van der Waals surface area (Å²) in [6, 6.07) is 8.51. The number of nitrogens with one attached hydrogen (secondary N) is 2. The zero-order chi connectivity index (χ0) is 10.7. The third-order valence-corrected chi connectivity index (χ3v) is 2.41. The Morgan fingerprint density at radius 2 is 1.93 bits per heavy atom. The topological polar surface area (TPSA) is 58.2 Å². The molecular weight excluding hydrogens is 192 g/mol. The fourth-order valence-corrected chi connectivity index (χ4v) is 1.37. The van der Waals surface area contributed by atoms with Crippen LogP contribution in [0.4, 0.5) is 0 Å². The van der Waals surface area contributed by atoms with Crippen LogP contribution in [0.2, 0.25) is 0 Å². The molecule has 1 fully saturated rings. The lowest BCUT2D eigenvalue weighted by Gasteiger charge is -2.25. The number of hydrogen-bond donors (Lipinski definition) is 2. The van der Waals surface area contributed by atoms with Gasteiger partial charge in [-0.25, -0.2) is 0 Å². The zero-order valence-corrected chi connectivity index (χ0v) is 8.19. The molecule has 4 heteroatoms. The van der Waals surface area contributed by atoms with Crippen molar-refractivity contribution in [3.05, 3.63) is 35.9 Å². The number of imide groups is 1. The minimum absolute atomic E-state index is 0.197. The van der Waals surface area contributed by atoms with Crippen molar-refractivity contribution in [3.63, 3.8) is 0 Å². The van der Waals surface area contributed by atoms with Gasteiger partial charge in [0.1, 0.15) is 0 Å². The van der Waals surface area contributed by atoms with Gasteiger partial charge in [-0.15, -0.1) is 0 Å². The Labute approximate surface area is 87.7 Å². The van der Waals surface area contributed by atoms with Crippen LogP contribution in [0.5, 0.6) is 0 Å². The van der Waals surface area contributed by atoms with Crippen LogP contribution in [0.25, 0.3) is 0 Å². The number of amides is 2. The molecule has 0 bridgehead atoms. The summed E-state index contributed by atoms with van der Waals surface area (Å²) in [5.41, 5.74) is 0.505. The van der Waals surface area contributed by atoms with Crippen LogP contribution in [0.15, 0.2) is 30.3 Å². The average Bonchev–Trinajstić information content (AvgIpc) is 2.16. The van der Waals surface area contributed by atoms with E-state index in [0.29, 0.717) is 5.56 Å². The summed E-state index contributed by atoms with van der Waals surface area (Å²) in [6.07, 6.45) is 0.800. The Morgan fingerprint density at radius 3 is 2.47 bits per heavy atom. The van der Waals surface area contributed by atoms with Gasteiger partial charge in [0, 0.05) is 5.56 Å². The highest BCUT2D eigenvalue weighted by atomic mass is 16.2. The number of rotatable bonds is 2. The molecule has 1 aliphatic heterocycles. The minimum Gasteiger partial charge on any atom is -0.306 e. The maximum Gasteiger partial charge on any atom is 0.257 e. The monoisotopic (exact) mass is 204 g/mol. The van der Waals surface area contributed by atoms with Crippen molar-refractivity contribution in [2.24, 2.45) is 0 Å². The van der Waals surface area contributed by atoms with Crippen molar-refractivity contribution in [2.45, 2.75) is 12.5 Å². The predicted molar refractivity (Wildman–Crippen MR) is 55.3 cm³/mol. The third kappa shape index (κ3) is 2.22. The smallest absolute Gasteiger partial charge is 0.257 e. The molecule has 1 aliphatic rings. The largest absolute Gasteiger partial charge is 0.306 e. The highest BCUT2D eigenvalue weighted by molar-refractivity contribution is 6.06. The molecule has 0 aliphatic carbocycles. The van der Waals surface area contributed by atoms with Gasteiger partial charge in [-0.3, -0.25) is 14.9 Å². The number of benzene rings is 1. The Balaban J connectivity index is 1.95. The van der Waals surface area contributed by atoms with Crippen LogP contribution in [-0.2, 0) is 4.79 Å². The van der Waals surface area contributed by atoms with Gasteiger partial charge in [-0.1, -0.05) is 18.2 Å². The molecule has 2 amide bonds. The summed E-state index contributed by atoms with van der Waals surface area (Å²) in [7, 11) is 0. The fourth-order valence-electron chi connectivity index (χ4n) is 1.37. The van der Waals surface area contributed by atoms with E-state index in [1.807, 2.05) is 6.07 Å². The standard InChI is InChI=1S/C11H12N2O2/c14-10(8-4-2-1-3-5-8)13-11(15)9-6-7-12-9/h1-5,9,12H,6-7H2,(H,13,14,15). The van der Waals surface area contributed by atoms with Crippen LogP contribution in [0.1, 0.15) is 16.8 Å². The quantitative estimate of drug-likeness (QED) is 0.681. The molecule has 1 atom stereocenters. The zero-order valence-electron chi connectivity index (χ0n) is 8.19. The molecular formula is C11H12N2O2. The van der Waals surface area contributed by atoms with Gasteiger partial charge in [0.15, 0.2) is 0 Å². The molecule has 1 aromatic rings. The van der Waals surface area contributed by atoms with E-state index >= 15 is 0 Å². The summed E-state index contributed by atoms with van der Waals surface area (Å²) < 4.78 is 0. The fraction of sp³-hybridized carbons (Fsp3) is 0.273. The van der Waals surface area contributed by atoms with E-state index in [1.54, 1.807) is 24.3 Å². The van der Waals surface area contributed by atoms with Crippen LogP contribution < -0.4 is 10.6 Å². The predicted octanol–water partition coefficient (Wildman–Crippen LogP) is 0.305. The van der Waals surface area contributed by atoms with Gasteiger partial charge in [-0.2, -0.15) is 0 Å². The molecule has 0 spiro atoms. The summed E-state index contributed by atoms with van der Waals surface area (Å²) in [5.74, 6) is -0.579. The van der Waals surface area contributed by atoms with E-state index in [9.17, 15) is 9.59 Å². The normalized spacial score (nSPS) is 19.1. The average molecular weight is 204 g/mol. The van der Waals surface area contributed by atoms with Crippen molar-refractivity contribution < 1.29 is 9.59 Å². The van der Waals surface area contributed by atoms with E-state index in [1.165, 1.54) is 0 Å². The SMILES string of the molecule is O=C(NC(=O)C1CCN1)c1ccccc1. The molecule has 1 unspecified atom stereocenters. The molecule has 1 saturated heterocycles. The molecule has 2 N–H and O–H groups in total. The Hall–Kier alpha value is -1.68. The summed E-state index contributed by atoms with van der Waals surface area (Å²) in [6.45, 7) is 0.845. The second-order valence-corrected chi connectivity index (χ2v) is 3.48. The van der Waals surface area contributed by atoms with Crippen molar-refractivity contribution in [3.8, 4) is 0 Å². The second-order valence-electron chi connectivity index (χ2n) is 3.48. The summed E-state index contributed by atoms with van der Waals surface area (Å²) >= 11 is 0. The maximum absolute atomic E-state index is 11.5. The van der Waals surface area contributed by atoms with Crippen LogP contribution in [-0.4, -0.2) is 24.4 Å². The first-order valence-electron chi connectivity index (χ1n) is 4.91. The van der Waals surface area contributed by atoms with Crippen molar-refractivity contribution in [1.29, 1.82) is 0 Å². The van der Waals surface area contributed by atoms with E-state index in [-0.39, 0.29) is 17.9 Å². The van der Waals surface area contributed by atoms with E-state index in [0.717, 1.165) is 13.0 Å². The lowest BCUT2D eigenvalue weighted by atomic mass is 10.1. The molecule has 0 radical (unpaired) electrons. The van der Waals surface area contributed by atoms with Gasteiger partial charge in [0.05, 0.1) is 6.04 Å². The third-order valence-electron chi connectivity index (χ3n) is 2.41. The molecule has 0 aromatic heterocycles. The summed E-state index contributed by atoms with van der Waals surface area (Å²) in [4.78, 5) is 23.0. The van der Waals surface area contributed by atoms with Gasteiger partial charge in [0.2, 0.25) is 5.91 Å². The lowest BCUT2D eigenvalue weighted by Crippen LogP contribution is -2.54. The molecule has 0 saturated carbocycles. The van der Waals surface area contributed by atoms with E-state index in [4.69, 9.17) is 0 Å². The van der Waals surface area contributed by atoms with Gasteiger partial charge < -0.3 is 5.32 Å². The Morgan fingerprint density at radius 1 is 1.27 bits per heavy atom. The first-order chi connectivity index (χ1) is 7.27. The summed E-state index contributed by atoms with van der Waals surface area (Å²) in [5, 5.41) is 5.30. The maximum atomic E-state index is 11.5. The second kappa shape index (κ2) is 4.23. The Kier molecular flexibility index (Phi) is 2.78. The molecule has 15 heavy (non-hydrogen) atoms. The molecule has 78 valence electrons. The van der Waals surface area contributed by atoms with Crippen molar-refractivity contribution in [2.75, 3.05) is 6.54 Å². The molecule has 4 nitrogen and oxygen atoms in total. The highest BCUT2D eigenvalue weighted by Crippen LogP contribution is 2.03. The van der Waals surface area contributed by atoms with E-state index in [2.05, 4.69) is 10.6 Å².